The van der Waals surface area contributed by atoms with Gasteiger partial charge in [-0.1, -0.05) is 43.5 Å². The normalized spacial score (nSPS) is 12.8. The zero-order chi connectivity index (χ0) is 11.7. The monoisotopic (exact) mass is 490 g/mol. The highest BCUT2D eigenvalue weighted by atomic mass is 127. The third kappa shape index (κ3) is 2.83. The second kappa shape index (κ2) is 5.69. The summed E-state index contributed by atoms with van der Waals surface area (Å²) in [4.78, 5) is 1.29. The highest BCUT2D eigenvalue weighted by Crippen LogP contribution is 2.41. The number of halogens is 4. The van der Waals surface area contributed by atoms with Crippen molar-refractivity contribution in [2.45, 2.75) is 4.83 Å². The van der Waals surface area contributed by atoms with Crippen molar-refractivity contribution in [3.63, 3.8) is 0 Å². The van der Waals surface area contributed by atoms with Crippen LogP contribution in [0.1, 0.15) is 15.3 Å². The van der Waals surface area contributed by atoms with E-state index in [0.717, 1.165) is 14.4 Å². The molecule has 1 atom stereocenters. The highest BCUT2D eigenvalue weighted by molar-refractivity contribution is 14.1. The van der Waals surface area contributed by atoms with Gasteiger partial charge in [-0.15, -0.1) is 11.3 Å². The van der Waals surface area contributed by atoms with Gasteiger partial charge >= 0.3 is 0 Å². The fraction of sp³-hybridized carbons (Fsp3) is 0.0909. The summed E-state index contributed by atoms with van der Waals surface area (Å²) < 4.78 is 2.31. The Balaban J connectivity index is 2.45. The molecule has 0 nitrogen and oxygen atoms in total. The summed E-state index contributed by atoms with van der Waals surface area (Å²) in [7, 11) is 0. The Morgan fingerprint density at radius 3 is 2.69 bits per heavy atom. The minimum Gasteiger partial charge on any atom is -0.146 e. The molecule has 2 aromatic rings. The van der Waals surface area contributed by atoms with Crippen LogP contribution >= 0.6 is 77.4 Å². The van der Waals surface area contributed by atoms with E-state index in [1.54, 1.807) is 11.3 Å². The Morgan fingerprint density at radius 2 is 2.06 bits per heavy atom. The van der Waals surface area contributed by atoms with Gasteiger partial charge in [0.25, 0.3) is 0 Å². The van der Waals surface area contributed by atoms with E-state index in [4.69, 9.17) is 11.6 Å². The largest absolute Gasteiger partial charge is 0.146 e. The number of thiophene rings is 1. The molecule has 16 heavy (non-hydrogen) atoms. The first-order valence-electron chi connectivity index (χ1n) is 4.41. The van der Waals surface area contributed by atoms with Crippen molar-refractivity contribution < 1.29 is 0 Å². The zero-order valence-corrected chi connectivity index (χ0v) is 14.8. The summed E-state index contributed by atoms with van der Waals surface area (Å²) in [6.07, 6.45) is 0. The van der Waals surface area contributed by atoms with Crippen LogP contribution in [0.25, 0.3) is 0 Å². The first-order valence-corrected chi connectivity index (χ1v) is 8.46. The molecule has 0 aliphatic heterocycles. The van der Waals surface area contributed by atoms with E-state index >= 15 is 0 Å². The van der Waals surface area contributed by atoms with Crippen molar-refractivity contribution in [3.05, 3.63) is 53.2 Å². The molecule has 84 valence electrons. The van der Waals surface area contributed by atoms with Crippen LogP contribution in [-0.2, 0) is 0 Å². The zero-order valence-electron chi connectivity index (χ0n) is 7.88. The molecule has 0 saturated carbocycles. The van der Waals surface area contributed by atoms with Gasteiger partial charge in [-0.05, 0) is 57.8 Å². The van der Waals surface area contributed by atoms with Gasteiger partial charge in [0, 0.05) is 12.9 Å². The van der Waals surface area contributed by atoms with Crippen LogP contribution in [0.5, 0.6) is 0 Å². The second-order valence-corrected chi connectivity index (χ2v) is 7.53. The van der Waals surface area contributed by atoms with Crippen molar-refractivity contribution in [3.8, 4) is 0 Å². The van der Waals surface area contributed by atoms with E-state index in [2.05, 4.69) is 72.6 Å². The summed E-state index contributed by atoms with van der Waals surface area (Å²) in [5.74, 6) is 0. The summed E-state index contributed by atoms with van der Waals surface area (Å²) >= 11 is 17.4. The molecule has 1 unspecified atom stereocenters. The lowest BCUT2D eigenvalue weighted by atomic mass is 10.1. The number of benzene rings is 1. The molecule has 0 aliphatic carbocycles. The van der Waals surface area contributed by atoms with E-state index in [0.29, 0.717) is 0 Å². The number of rotatable bonds is 2. The maximum atomic E-state index is 6.14. The van der Waals surface area contributed by atoms with E-state index < -0.39 is 0 Å². The number of alkyl halides is 1. The molecule has 2 rings (SSSR count). The molecular formula is C11H6Br2ClIS. The Kier molecular flexibility index (Phi) is 4.74. The van der Waals surface area contributed by atoms with Gasteiger partial charge in [-0.3, -0.25) is 0 Å². The van der Waals surface area contributed by atoms with Gasteiger partial charge in [0.1, 0.15) is 0 Å². The molecule has 1 aromatic carbocycles. The van der Waals surface area contributed by atoms with Gasteiger partial charge in [0.15, 0.2) is 0 Å². The van der Waals surface area contributed by atoms with E-state index in [1.165, 1.54) is 9.13 Å². The lowest BCUT2D eigenvalue weighted by molar-refractivity contribution is 1.20. The molecule has 0 radical (unpaired) electrons. The molecule has 0 saturated heterocycles. The van der Waals surface area contributed by atoms with E-state index in [1.807, 2.05) is 11.4 Å². The number of hydrogen-bond acceptors (Lipinski definition) is 1. The fourth-order valence-corrected chi connectivity index (χ4v) is 4.87. The average molecular weight is 492 g/mol. The van der Waals surface area contributed by atoms with Crippen LogP contribution in [0, 0.1) is 3.57 Å². The van der Waals surface area contributed by atoms with E-state index in [9.17, 15) is 0 Å². The predicted octanol–water partition coefficient (Wildman–Crippen LogP) is 6.25. The highest BCUT2D eigenvalue weighted by Gasteiger charge is 2.17. The topological polar surface area (TPSA) is 0 Å². The van der Waals surface area contributed by atoms with Gasteiger partial charge < -0.3 is 0 Å². The van der Waals surface area contributed by atoms with Crippen LogP contribution in [0.15, 0.2) is 34.1 Å². The lowest BCUT2D eigenvalue weighted by Crippen LogP contribution is -1.92. The van der Waals surface area contributed by atoms with Crippen LogP contribution in [-0.4, -0.2) is 0 Å². The molecule has 0 aliphatic rings. The van der Waals surface area contributed by atoms with Crippen molar-refractivity contribution in [2.24, 2.45) is 0 Å². The van der Waals surface area contributed by atoms with Crippen molar-refractivity contribution in [1.82, 2.24) is 0 Å². The summed E-state index contributed by atoms with van der Waals surface area (Å²) in [5.41, 5.74) is 1.20. The van der Waals surface area contributed by atoms with E-state index in [-0.39, 0.29) is 4.83 Å². The Bertz CT molecular complexity index is 512. The molecule has 0 bridgehead atoms. The van der Waals surface area contributed by atoms with Gasteiger partial charge in [0.2, 0.25) is 0 Å². The summed E-state index contributed by atoms with van der Waals surface area (Å²) in [6, 6.07) is 8.22. The number of hydrogen-bond donors (Lipinski definition) is 0. The van der Waals surface area contributed by atoms with Gasteiger partial charge in [-0.2, -0.15) is 0 Å². The molecule has 0 N–H and O–H groups in total. The third-order valence-corrected chi connectivity index (χ3v) is 6.18. The lowest BCUT2D eigenvalue weighted by Gasteiger charge is -2.11. The van der Waals surface area contributed by atoms with Crippen molar-refractivity contribution in [1.29, 1.82) is 0 Å². The van der Waals surface area contributed by atoms with Crippen LogP contribution < -0.4 is 0 Å². The van der Waals surface area contributed by atoms with Crippen LogP contribution in [0.2, 0.25) is 5.02 Å². The third-order valence-electron chi connectivity index (χ3n) is 2.11. The quantitative estimate of drug-likeness (QED) is 0.343. The molecule has 1 heterocycles. The van der Waals surface area contributed by atoms with Crippen molar-refractivity contribution in [2.75, 3.05) is 0 Å². The fourth-order valence-electron chi connectivity index (χ4n) is 1.34. The average Bonchev–Trinajstić information content (AvgIpc) is 2.67. The van der Waals surface area contributed by atoms with Gasteiger partial charge in [-0.25, -0.2) is 0 Å². The first kappa shape index (κ1) is 13.3. The molecular weight excluding hydrogens is 486 g/mol. The Hall–Kier alpha value is 0.900. The molecule has 1 aromatic heterocycles. The van der Waals surface area contributed by atoms with Crippen LogP contribution in [0.4, 0.5) is 0 Å². The summed E-state index contributed by atoms with van der Waals surface area (Å²) in [6.45, 7) is 0. The first-order chi connectivity index (χ1) is 7.59. The maximum absolute atomic E-state index is 6.14. The molecule has 0 spiro atoms. The SMILES string of the molecule is Clc1ccsc1C(Br)c1cc(I)ccc1Br. The maximum Gasteiger partial charge on any atom is 0.0764 e. The Labute approximate surface area is 134 Å². The summed E-state index contributed by atoms with van der Waals surface area (Å²) in [5, 5.41) is 2.82. The minimum absolute atomic E-state index is 0.143. The molecule has 0 amide bonds. The molecule has 5 heteroatoms. The predicted molar refractivity (Wildman–Crippen MR) is 87.0 cm³/mol. The van der Waals surface area contributed by atoms with Gasteiger partial charge in [0.05, 0.1) is 9.85 Å². The smallest absolute Gasteiger partial charge is 0.0764 e. The van der Waals surface area contributed by atoms with Crippen LogP contribution in [0.3, 0.4) is 0 Å². The Morgan fingerprint density at radius 1 is 1.31 bits per heavy atom. The van der Waals surface area contributed by atoms with Crippen molar-refractivity contribution >= 4 is 77.4 Å². The second-order valence-electron chi connectivity index (χ2n) is 3.16. The minimum atomic E-state index is 0.143. The molecule has 0 fully saturated rings. The standard InChI is InChI=1S/C11H6Br2ClIS/c12-8-2-1-6(15)5-7(8)10(13)11-9(14)3-4-16-11/h1-5,10H.